The van der Waals surface area contributed by atoms with Gasteiger partial charge in [-0.15, -0.1) is 0 Å². The van der Waals surface area contributed by atoms with Gasteiger partial charge in [-0.05, 0) is 62.5 Å². The lowest BCUT2D eigenvalue weighted by molar-refractivity contribution is 0.442. The summed E-state index contributed by atoms with van der Waals surface area (Å²) in [5.41, 5.74) is 2.36. The molecule has 0 unspecified atom stereocenters. The number of hydrogen-bond acceptors (Lipinski definition) is 0. The molecule has 1 fully saturated rings. The maximum Gasteiger partial charge on any atom is 0.162 e. The maximum atomic E-state index is 13.7. The number of aryl methyl sites for hydroxylation is 2. The summed E-state index contributed by atoms with van der Waals surface area (Å²) >= 11 is 0. The SMILES string of the molecule is Cc1ccc(CCC=C2CCC(C)CC2)c(F)c1F. The van der Waals surface area contributed by atoms with Gasteiger partial charge in [-0.2, -0.15) is 0 Å². The van der Waals surface area contributed by atoms with Gasteiger partial charge < -0.3 is 0 Å². The smallest absolute Gasteiger partial charge is 0.162 e. The number of allylic oxidation sites excluding steroid dienone is 2. The van der Waals surface area contributed by atoms with Crippen LogP contribution in [0.5, 0.6) is 0 Å². The molecular weight excluding hydrogens is 242 g/mol. The molecule has 0 nitrogen and oxygen atoms in total. The van der Waals surface area contributed by atoms with Gasteiger partial charge in [0.15, 0.2) is 11.6 Å². The zero-order valence-corrected chi connectivity index (χ0v) is 11.8. The third-order valence-electron chi connectivity index (χ3n) is 4.12. The molecule has 0 radical (unpaired) electrons. The molecule has 1 aliphatic carbocycles. The van der Waals surface area contributed by atoms with Gasteiger partial charge in [-0.3, -0.25) is 0 Å². The van der Waals surface area contributed by atoms with Crippen molar-refractivity contribution >= 4 is 0 Å². The van der Waals surface area contributed by atoms with Crippen molar-refractivity contribution in [1.29, 1.82) is 0 Å². The maximum absolute atomic E-state index is 13.7. The summed E-state index contributed by atoms with van der Waals surface area (Å²) in [4.78, 5) is 0. The first-order chi connectivity index (χ1) is 9.08. The van der Waals surface area contributed by atoms with Crippen molar-refractivity contribution in [1.82, 2.24) is 0 Å². The normalized spacial score (nSPS) is 19.6. The van der Waals surface area contributed by atoms with Crippen LogP contribution in [0.1, 0.15) is 50.2 Å². The van der Waals surface area contributed by atoms with Crippen LogP contribution in [0.4, 0.5) is 8.78 Å². The second-order valence-corrected chi connectivity index (χ2v) is 5.75. The molecule has 0 aliphatic heterocycles. The third-order valence-corrected chi connectivity index (χ3v) is 4.12. The van der Waals surface area contributed by atoms with Crippen molar-refractivity contribution in [3.05, 3.63) is 46.5 Å². The van der Waals surface area contributed by atoms with Crippen LogP contribution in [-0.4, -0.2) is 0 Å². The minimum atomic E-state index is -0.698. The Morgan fingerprint density at radius 2 is 1.84 bits per heavy atom. The van der Waals surface area contributed by atoms with Crippen LogP contribution in [0.15, 0.2) is 23.8 Å². The second kappa shape index (κ2) is 6.31. The minimum absolute atomic E-state index is 0.376. The molecule has 1 aliphatic rings. The average molecular weight is 264 g/mol. The van der Waals surface area contributed by atoms with E-state index in [9.17, 15) is 8.78 Å². The monoisotopic (exact) mass is 264 g/mol. The van der Waals surface area contributed by atoms with E-state index in [4.69, 9.17) is 0 Å². The highest BCUT2D eigenvalue weighted by Crippen LogP contribution is 2.28. The summed E-state index contributed by atoms with van der Waals surface area (Å²) < 4.78 is 27.1. The number of hydrogen-bond donors (Lipinski definition) is 0. The molecule has 0 atom stereocenters. The van der Waals surface area contributed by atoms with E-state index >= 15 is 0 Å². The van der Waals surface area contributed by atoms with Crippen LogP contribution in [-0.2, 0) is 6.42 Å². The molecule has 0 amide bonds. The van der Waals surface area contributed by atoms with Crippen LogP contribution in [0.2, 0.25) is 0 Å². The summed E-state index contributed by atoms with van der Waals surface area (Å²) in [6.07, 6.45) is 8.49. The van der Waals surface area contributed by atoms with Crippen LogP contribution in [0.25, 0.3) is 0 Å². The first-order valence-corrected chi connectivity index (χ1v) is 7.19. The van der Waals surface area contributed by atoms with Crippen molar-refractivity contribution in [3.8, 4) is 0 Å². The van der Waals surface area contributed by atoms with Gasteiger partial charge in [0.05, 0.1) is 0 Å². The van der Waals surface area contributed by atoms with Crippen LogP contribution in [0.3, 0.4) is 0 Å². The second-order valence-electron chi connectivity index (χ2n) is 5.75. The van der Waals surface area contributed by atoms with Gasteiger partial charge in [0.1, 0.15) is 0 Å². The summed E-state index contributed by atoms with van der Waals surface area (Å²) in [6.45, 7) is 3.88. The number of halogens is 2. The van der Waals surface area contributed by atoms with E-state index in [1.54, 1.807) is 19.1 Å². The van der Waals surface area contributed by atoms with Crippen LogP contribution < -0.4 is 0 Å². The fourth-order valence-corrected chi connectivity index (χ4v) is 2.65. The molecule has 19 heavy (non-hydrogen) atoms. The lowest BCUT2D eigenvalue weighted by Gasteiger charge is -2.20. The van der Waals surface area contributed by atoms with E-state index in [1.165, 1.54) is 31.3 Å². The topological polar surface area (TPSA) is 0 Å². The van der Waals surface area contributed by atoms with E-state index in [0.717, 1.165) is 12.3 Å². The third kappa shape index (κ3) is 3.65. The summed E-state index contributed by atoms with van der Waals surface area (Å²) in [6, 6.07) is 3.36. The highest BCUT2D eigenvalue weighted by molar-refractivity contribution is 5.26. The fourth-order valence-electron chi connectivity index (χ4n) is 2.65. The molecule has 0 spiro atoms. The molecule has 1 aromatic rings. The van der Waals surface area contributed by atoms with Crippen LogP contribution in [0, 0.1) is 24.5 Å². The zero-order chi connectivity index (χ0) is 13.8. The fraction of sp³-hybridized carbons (Fsp3) is 0.529. The van der Waals surface area contributed by atoms with Gasteiger partial charge in [-0.1, -0.05) is 30.7 Å². The molecule has 1 aromatic carbocycles. The van der Waals surface area contributed by atoms with Crippen molar-refractivity contribution in [2.75, 3.05) is 0 Å². The Kier molecular flexibility index (Phi) is 4.73. The standard InChI is InChI=1S/C17H22F2/c1-12-6-9-14(10-7-12)4-3-5-15-11-8-13(2)16(18)17(15)19/h4,8,11-12H,3,5-7,9-10H2,1-2H3. The first-order valence-electron chi connectivity index (χ1n) is 7.19. The van der Waals surface area contributed by atoms with Crippen molar-refractivity contribution in [2.45, 2.75) is 52.4 Å². The Morgan fingerprint density at radius 3 is 2.53 bits per heavy atom. The van der Waals surface area contributed by atoms with E-state index in [-0.39, 0.29) is 0 Å². The van der Waals surface area contributed by atoms with E-state index in [1.807, 2.05) is 0 Å². The zero-order valence-electron chi connectivity index (χ0n) is 11.8. The number of benzene rings is 1. The van der Waals surface area contributed by atoms with Gasteiger partial charge in [-0.25, -0.2) is 8.78 Å². The Hall–Kier alpha value is -1.18. The molecular formula is C17H22F2. The van der Waals surface area contributed by atoms with Gasteiger partial charge in [0.25, 0.3) is 0 Å². The predicted octanol–water partition coefficient (Wildman–Crippen LogP) is 5.34. The molecule has 0 aromatic heterocycles. The molecule has 0 saturated heterocycles. The quantitative estimate of drug-likeness (QED) is 0.646. The van der Waals surface area contributed by atoms with Gasteiger partial charge in [0.2, 0.25) is 0 Å². The molecule has 0 N–H and O–H groups in total. The average Bonchev–Trinajstić information content (AvgIpc) is 2.41. The molecule has 0 heterocycles. The van der Waals surface area contributed by atoms with Crippen molar-refractivity contribution < 1.29 is 8.78 Å². The number of rotatable bonds is 3. The molecule has 2 heteroatoms. The van der Waals surface area contributed by atoms with Crippen LogP contribution >= 0.6 is 0 Å². The predicted molar refractivity (Wildman–Crippen MR) is 75.1 cm³/mol. The highest BCUT2D eigenvalue weighted by Gasteiger charge is 2.12. The molecule has 104 valence electrons. The minimum Gasteiger partial charge on any atom is -0.203 e. The summed E-state index contributed by atoms with van der Waals surface area (Å²) in [7, 11) is 0. The van der Waals surface area contributed by atoms with E-state index in [0.29, 0.717) is 17.5 Å². The lowest BCUT2D eigenvalue weighted by atomic mass is 9.86. The summed E-state index contributed by atoms with van der Waals surface area (Å²) in [5, 5.41) is 0. The largest absolute Gasteiger partial charge is 0.203 e. The molecule has 2 rings (SSSR count). The Labute approximate surface area is 114 Å². The van der Waals surface area contributed by atoms with E-state index in [2.05, 4.69) is 13.0 Å². The Bertz CT molecular complexity index is 464. The first kappa shape index (κ1) is 14.2. The molecule has 0 bridgehead atoms. The van der Waals surface area contributed by atoms with Gasteiger partial charge >= 0.3 is 0 Å². The Balaban J connectivity index is 1.93. The van der Waals surface area contributed by atoms with Crippen molar-refractivity contribution in [2.24, 2.45) is 5.92 Å². The highest BCUT2D eigenvalue weighted by atomic mass is 19.2. The van der Waals surface area contributed by atoms with E-state index < -0.39 is 11.6 Å². The van der Waals surface area contributed by atoms with Gasteiger partial charge in [0, 0.05) is 0 Å². The molecule has 1 saturated carbocycles. The Morgan fingerprint density at radius 1 is 1.16 bits per heavy atom. The lowest BCUT2D eigenvalue weighted by Crippen LogP contribution is -2.04. The van der Waals surface area contributed by atoms with Crippen molar-refractivity contribution in [3.63, 3.8) is 0 Å². The summed E-state index contributed by atoms with van der Waals surface area (Å²) in [5.74, 6) is -0.534.